The molecule has 0 saturated heterocycles. The molecule has 0 aliphatic carbocycles. The van der Waals surface area contributed by atoms with Crippen molar-refractivity contribution in [1.29, 1.82) is 0 Å². The number of hydrogen-bond acceptors (Lipinski definition) is 3. The van der Waals surface area contributed by atoms with Crippen molar-refractivity contribution in [3.63, 3.8) is 0 Å². The fourth-order valence-electron chi connectivity index (χ4n) is 2.02. The highest BCUT2D eigenvalue weighted by molar-refractivity contribution is 9.10. The standard InChI is InChI=1S/C13H19BrN2O2/c1-5-6-13(3,4)15-11-7-9(2)12(16(17)18)8-10(11)14/h7-8,15H,5-6H2,1-4H3. The predicted molar refractivity (Wildman–Crippen MR) is 78.1 cm³/mol. The highest BCUT2D eigenvalue weighted by Gasteiger charge is 2.20. The summed E-state index contributed by atoms with van der Waals surface area (Å²) < 4.78 is 0.726. The van der Waals surface area contributed by atoms with Crippen LogP contribution in [-0.4, -0.2) is 10.5 Å². The Morgan fingerprint density at radius 1 is 1.44 bits per heavy atom. The van der Waals surface area contributed by atoms with Crippen LogP contribution >= 0.6 is 15.9 Å². The molecule has 0 radical (unpaired) electrons. The minimum atomic E-state index is -0.360. The largest absolute Gasteiger partial charge is 0.379 e. The van der Waals surface area contributed by atoms with Crippen LogP contribution in [0.3, 0.4) is 0 Å². The summed E-state index contributed by atoms with van der Waals surface area (Å²) in [6.45, 7) is 8.14. The van der Waals surface area contributed by atoms with E-state index in [1.165, 1.54) is 0 Å². The predicted octanol–water partition coefficient (Wildman–Crippen LogP) is 4.66. The molecule has 1 N–H and O–H groups in total. The number of nitrogens with zero attached hydrogens (tertiary/aromatic N) is 1. The van der Waals surface area contributed by atoms with Crippen LogP contribution in [0.15, 0.2) is 16.6 Å². The number of nitro benzene ring substituents is 1. The molecule has 0 aliphatic rings. The minimum Gasteiger partial charge on any atom is -0.379 e. The van der Waals surface area contributed by atoms with Gasteiger partial charge >= 0.3 is 0 Å². The summed E-state index contributed by atoms with van der Waals surface area (Å²) in [5.41, 5.74) is 1.68. The lowest BCUT2D eigenvalue weighted by atomic mass is 9.98. The van der Waals surface area contributed by atoms with Crippen molar-refractivity contribution in [1.82, 2.24) is 0 Å². The third kappa shape index (κ3) is 3.70. The molecule has 0 unspecified atom stereocenters. The van der Waals surface area contributed by atoms with Crippen molar-refractivity contribution in [2.75, 3.05) is 5.32 Å². The minimum absolute atomic E-state index is 0.0279. The van der Waals surface area contributed by atoms with Gasteiger partial charge in [-0.3, -0.25) is 10.1 Å². The zero-order valence-electron chi connectivity index (χ0n) is 11.2. The van der Waals surface area contributed by atoms with E-state index in [-0.39, 0.29) is 16.1 Å². The van der Waals surface area contributed by atoms with Gasteiger partial charge in [-0.15, -0.1) is 0 Å². The van der Waals surface area contributed by atoms with E-state index in [1.54, 1.807) is 13.0 Å². The molecule has 100 valence electrons. The van der Waals surface area contributed by atoms with Gasteiger partial charge < -0.3 is 5.32 Å². The zero-order chi connectivity index (χ0) is 13.9. The van der Waals surface area contributed by atoms with E-state index >= 15 is 0 Å². The van der Waals surface area contributed by atoms with Gasteiger partial charge in [-0.05, 0) is 49.2 Å². The fourth-order valence-corrected chi connectivity index (χ4v) is 2.45. The first-order valence-electron chi connectivity index (χ1n) is 5.99. The van der Waals surface area contributed by atoms with E-state index in [4.69, 9.17) is 0 Å². The third-order valence-corrected chi connectivity index (χ3v) is 3.49. The maximum atomic E-state index is 10.8. The summed E-state index contributed by atoms with van der Waals surface area (Å²) in [4.78, 5) is 10.5. The molecule has 4 nitrogen and oxygen atoms in total. The summed E-state index contributed by atoms with van der Waals surface area (Å²) in [5.74, 6) is 0. The summed E-state index contributed by atoms with van der Waals surface area (Å²) in [6, 6.07) is 3.37. The number of benzene rings is 1. The summed E-state index contributed by atoms with van der Waals surface area (Å²) in [7, 11) is 0. The number of hydrogen-bond donors (Lipinski definition) is 1. The van der Waals surface area contributed by atoms with Crippen LogP contribution in [0.4, 0.5) is 11.4 Å². The van der Waals surface area contributed by atoms with Crippen LogP contribution in [-0.2, 0) is 0 Å². The maximum absolute atomic E-state index is 10.8. The van der Waals surface area contributed by atoms with Crippen LogP contribution in [0.25, 0.3) is 0 Å². The normalized spacial score (nSPS) is 11.4. The van der Waals surface area contributed by atoms with Gasteiger partial charge in [0.1, 0.15) is 0 Å². The van der Waals surface area contributed by atoms with Gasteiger partial charge in [-0.1, -0.05) is 13.3 Å². The Kier molecular flexibility index (Phi) is 4.73. The highest BCUT2D eigenvalue weighted by atomic mass is 79.9. The molecule has 0 spiro atoms. The lowest BCUT2D eigenvalue weighted by Gasteiger charge is -2.28. The molecule has 0 amide bonds. The zero-order valence-corrected chi connectivity index (χ0v) is 12.8. The first-order chi connectivity index (χ1) is 8.26. The smallest absolute Gasteiger partial charge is 0.273 e. The third-order valence-electron chi connectivity index (χ3n) is 2.83. The van der Waals surface area contributed by atoms with Gasteiger partial charge in [0.25, 0.3) is 5.69 Å². The lowest BCUT2D eigenvalue weighted by molar-refractivity contribution is -0.385. The van der Waals surface area contributed by atoms with Crippen molar-refractivity contribution >= 4 is 27.3 Å². The summed E-state index contributed by atoms with van der Waals surface area (Å²) in [6.07, 6.45) is 2.12. The molecule has 0 fully saturated rings. The van der Waals surface area contributed by atoms with Crippen LogP contribution in [0.1, 0.15) is 39.2 Å². The average Bonchev–Trinajstić information content (AvgIpc) is 2.21. The SMILES string of the molecule is CCCC(C)(C)Nc1cc(C)c([N+](=O)[O-])cc1Br. The number of rotatable bonds is 5. The monoisotopic (exact) mass is 314 g/mol. The van der Waals surface area contributed by atoms with Gasteiger partial charge in [0, 0.05) is 27.3 Å². The van der Waals surface area contributed by atoms with Crippen molar-refractivity contribution in [3.05, 3.63) is 32.3 Å². The number of halogens is 1. The quantitative estimate of drug-likeness (QED) is 0.635. The number of nitro groups is 1. The van der Waals surface area contributed by atoms with Crippen LogP contribution in [0.2, 0.25) is 0 Å². The second-order valence-electron chi connectivity index (χ2n) is 5.13. The first-order valence-corrected chi connectivity index (χ1v) is 6.79. The molecule has 0 bridgehead atoms. The van der Waals surface area contributed by atoms with Crippen molar-refractivity contribution < 1.29 is 4.92 Å². The second-order valence-corrected chi connectivity index (χ2v) is 5.99. The van der Waals surface area contributed by atoms with Gasteiger partial charge in [-0.2, -0.15) is 0 Å². The molecule has 0 heterocycles. The molecule has 1 aromatic rings. The van der Waals surface area contributed by atoms with Gasteiger partial charge in [0.15, 0.2) is 0 Å². The average molecular weight is 315 g/mol. The molecule has 0 aliphatic heterocycles. The van der Waals surface area contributed by atoms with E-state index < -0.39 is 0 Å². The van der Waals surface area contributed by atoms with Crippen molar-refractivity contribution in [3.8, 4) is 0 Å². The van der Waals surface area contributed by atoms with Crippen LogP contribution < -0.4 is 5.32 Å². The Hall–Kier alpha value is -1.10. The Bertz CT molecular complexity index is 459. The molecule has 0 atom stereocenters. The van der Waals surface area contributed by atoms with E-state index in [0.717, 1.165) is 23.0 Å². The summed E-state index contributed by atoms with van der Waals surface area (Å²) >= 11 is 3.39. The van der Waals surface area contributed by atoms with E-state index in [9.17, 15) is 10.1 Å². The second kappa shape index (κ2) is 5.69. The number of aryl methyl sites for hydroxylation is 1. The Morgan fingerprint density at radius 3 is 2.56 bits per heavy atom. The van der Waals surface area contributed by atoms with E-state index in [2.05, 4.69) is 42.0 Å². The Morgan fingerprint density at radius 2 is 2.06 bits per heavy atom. The first kappa shape index (κ1) is 15.0. The molecule has 5 heteroatoms. The van der Waals surface area contributed by atoms with Gasteiger partial charge in [0.05, 0.1) is 4.92 Å². The summed E-state index contributed by atoms with van der Waals surface area (Å²) in [5, 5.41) is 14.3. The molecular weight excluding hydrogens is 296 g/mol. The maximum Gasteiger partial charge on any atom is 0.273 e. The molecule has 1 aromatic carbocycles. The Balaban J connectivity index is 3.05. The number of anilines is 1. The molecule has 0 aromatic heterocycles. The highest BCUT2D eigenvalue weighted by Crippen LogP contribution is 2.33. The number of nitrogens with one attached hydrogen (secondary N) is 1. The van der Waals surface area contributed by atoms with Crippen LogP contribution in [0, 0.1) is 17.0 Å². The van der Waals surface area contributed by atoms with E-state index in [1.807, 2.05) is 6.07 Å². The van der Waals surface area contributed by atoms with Crippen molar-refractivity contribution in [2.45, 2.75) is 46.1 Å². The molecular formula is C13H19BrN2O2. The Labute approximate surface area is 116 Å². The van der Waals surface area contributed by atoms with Crippen LogP contribution in [0.5, 0.6) is 0 Å². The molecule has 18 heavy (non-hydrogen) atoms. The molecule has 1 rings (SSSR count). The molecule has 0 saturated carbocycles. The van der Waals surface area contributed by atoms with Gasteiger partial charge in [-0.25, -0.2) is 0 Å². The van der Waals surface area contributed by atoms with Crippen molar-refractivity contribution in [2.24, 2.45) is 0 Å². The van der Waals surface area contributed by atoms with E-state index in [0.29, 0.717) is 5.56 Å². The lowest BCUT2D eigenvalue weighted by Crippen LogP contribution is -2.30. The van der Waals surface area contributed by atoms with Gasteiger partial charge in [0.2, 0.25) is 0 Å². The fraction of sp³-hybridized carbons (Fsp3) is 0.538. The topological polar surface area (TPSA) is 55.2 Å².